The van der Waals surface area contributed by atoms with E-state index in [1.807, 2.05) is 29.2 Å². The first kappa shape index (κ1) is 19.2. The summed E-state index contributed by atoms with van der Waals surface area (Å²) in [5.41, 5.74) is 0.979. The number of carbonyl (C=O) groups excluding carboxylic acids is 3. The number of rotatable bonds is 6. The zero-order chi connectivity index (χ0) is 19.4. The number of methoxy groups -OCH3 is 1. The maximum Gasteiger partial charge on any atom is 0.326 e. The van der Waals surface area contributed by atoms with E-state index >= 15 is 0 Å². The normalized spacial score (nSPS) is 20.4. The van der Waals surface area contributed by atoms with Crippen molar-refractivity contribution in [1.82, 2.24) is 20.0 Å². The molecule has 8 nitrogen and oxygen atoms in total. The number of ether oxygens (including phenoxy) is 1. The zero-order valence-electron chi connectivity index (χ0n) is 15.8. The summed E-state index contributed by atoms with van der Waals surface area (Å²) in [5.74, 6) is 0.587. The van der Waals surface area contributed by atoms with Crippen LogP contribution in [0.4, 0.5) is 4.79 Å². The Morgan fingerprint density at radius 1 is 1.30 bits per heavy atom. The molecule has 3 rings (SSSR count). The molecule has 0 spiro atoms. The van der Waals surface area contributed by atoms with Gasteiger partial charge in [-0.15, -0.1) is 0 Å². The largest absolute Gasteiger partial charge is 0.496 e. The second-order valence-corrected chi connectivity index (χ2v) is 6.84. The third kappa shape index (κ3) is 4.05. The van der Waals surface area contributed by atoms with Crippen LogP contribution < -0.4 is 10.1 Å². The van der Waals surface area contributed by atoms with Crippen molar-refractivity contribution in [3.8, 4) is 5.75 Å². The highest BCUT2D eigenvalue weighted by Gasteiger charge is 2.34. The van der Waals surface area contributed by atoms with E-state index < -0.39 is 0 Å². The van der Waals surface area contributed by atoms with E-state index in [1.165, 1.54) is 9.80 Å². The SMILES string of the molecule is COc1ccccc1C1CNCCN1C(=O)CCCN1C(=O)CN(C)C1=O. The van der Waals surface area contributed by atoms with Gasteiger partial charge in [-0.1, -0.05) is 18.2 Å². The van der Waals surface area contributed by atoms with Gasteiger partial charge in [0.05, 0.1) is 13.2 Å². The highest BCUT2D eigenvalue weighted by atomic mass is 16.5. The molecule has 2 aliphatic rings. The van der Waals surface area contributed by atoms with Crippen LogP contribution in [0.15, 0.2) is 24.3 Å². The average molecular weight is 374 g/mol. The fourth-order valence-electron chi connectivity index (χ4n) is 3.64. The van der Waals surface area contributed by atoms with Gasteiger partial charge >= 0.3 is 6.03 Å². The first-order valence-corrected chi connectivity index (χ1v) is 9.21. The summed E-state index contributed by atoms with van der Waals surface area (Å²) in [6, 6.07) is 7.34. The van der Waals surface area contributed by atoms with Crippen LogP contribution >= 0.6 is 0 Å². The van der Waals surface area contributed by atoms with E-state index in [4.69, 9.17) is 4.74 Å². The second-order valence-electron chi connectivity index (χ2n) is 6.84. The van der Waals surface area contributed by atoms with Crippen LogP contribution in [-0.4, -0.2) is 79.4 Å². The molecule has 27 heavy (non-hydrogen) atoms. The summed E-state index contributed by atoms with van der Waals surface area (Å²) in [4.78, 5) is 41.1. The Hall–Kier alpha value is -2.61. The maximum absolute atomic E-state index is 12.8. The Kier molecular flexibility index (Phi) is 5.95. The monoisotopic (exact) mass is 374 g/mol. The Morgan fingerprint density at radius 3 is 2.78 bits per heavy atom. The lowest BCUT2D eigenvalue weighted by Crippen LogP contribution is -2.48. The van der Waals surface area contributed by atoms with Gasteiger partial charge in [0.1, 0.15) is 12.3 Å². The van der Waals surface area contributed by atoms with Crippen LogP contribution in [0.1, 0.15) is 24.4 Å². The Balaban J connectivity index is 1.62. The molecular weight excluding hydrogens is 348 g/mol. The summed E-state index contributed by atoms with van der Waals surface area (Å²) in [6.07, 6.45) is 0.763. The third-order valence-corrected chi connectivity index (χ3v) is 5.06. The molecule has 2 fully saturated rings. The van der Waals surface area contributed by atoms with E-state index in [1.54, 1.807) is 14.2 Å². The van der Waals surface area contributed by atoms with Crippen molar-refractivity contribution in [2.45, 2.75) is 18.9 Å². The van der Waals surface area contributed by atoms with Gasteiger partial charge < -0.3 is 19.9 Å². The molecule has 2 heterocycles. The quantitative estimate of drug-likeness (QED) is 0.747. The number of hydrogen-bond acceptors (Lipinski definition) is 5. The number of nitrogens with one attached hydrogen (secondary N) is 1. The zero-order valence-corrected chi connectivity index (χ0v) is 15.8. The fraction of sp³-hybridized carbons (Fsp3) is 0.526. The minimum absolute atomic E-state index is 0.0276. The first-order valence-electron chi connectivity index (χ1n) is 9.21. The van der Waals surface area contributed by atoms with Gasteiger partial charge in [0.15, 0.2) is 0 Å². The van der Waals surface area contributed by atoms with E-state index in [2.05, 4.69) is 5.32 Å². The molecule has 1 aromatic carbocycles. The van der Waals surface area contributed by atoms with Crippen molar-refractivity contribution in [3.63, 3.8) is 0 Å². The number of urea groups is 1. The lowest BCUT2D eigenvalue weighted by molar-refractivity contribution is -0.135. The Labute approximate surface area is 159 Å². The topological polar surface area (TPSA) is 82.2 Å². The van der Waals surface area contributed by atoms with Gasteiger partial charge in [-0.2, -0.15) is 0 Å². The number of para-hydroxylation sites is 1. The lowest BCUT2D eigenvalue weighted by atomic mass is 10.0. The van der Waals surface area contributed by atoms with E-state index in [0.29, 0.717) is 25.9 Å². The summed E-state index contributed by atoms with van der Waals surface area (Å²) in [5, 5.41) is 3.33. The predicted octanol–water partition coefficient (Wildman–Crippen LogP) is 0.842. The molecule has 1 N–H and O–H groups in total. The van der Waals surface area contributed by atoms with Crippen LogP contribution in [0.5, 0.6) is 5.75 Å². The van der Waals surface area contributed by atoms with E-state index in [9.17, 15) is 14.4 Å². The van der Waals surface area contributed by atoms with Gasteiger partial charge in [0.2, 0.25) is 11.8 Å². The Morgan fingerprint density at radius 2 is 2.07 bits per heavy atom. The molecule has 0 radical (unpaired) electrons. The van der Waals surface area contributed by atoms with Crippen LogP contribution in [0.2, 0.25) is 0 Å². The first-order chi connectivity index (χ1) is 13.0. The van der Waals surface area contributed by atoms with Crippen molar-refractivity contribution in [1.29, 1.82) is 0 Å². The van der Waals surface area contributed by atoms with Crippen LogP contribution in [0.3, 0.4) is 0 Å². The second kappa shape index (κ2) is 8.39. The van der Waals surface area contributed by atoms with Crippen molar-refractivity contribution >= 4 is 17.8 Å². The number of carbonyl (C=O) groups is 3. The van der Waals surface area contributed by atoms with Crippen molar-refractivity contribution in [2.24, 2.45) is 0 Å². The number of imide groups is 1. The number of piperazine rings is 1. The predicted molar refractivity (Wildman–Crippen MR) is 99.3 cm³/mol. The minimum atomic E-state index is -0.290. The molecule has 2 saturated heterocycles. The van der Waals surface area contributed by atoms with Gasteiger partial charge in [0.25, 0.3) is 0 Å². The molecule has 0 bridgehead atoms. The molecule has 1 atom stereocenters. The van der Waals surface area contributed by atoms with Gasteiger partial charge in [-0.3, -0.25) is 14.5 Å². The highest BCUT2D eigenvalue weighted by Crippen LogP contribution is 2.30. The molecule has 0 saturated carbocycles. The molecule has 8 heteroatoms. The van der Waals surface area contributed by atoms with Gasteiger partial charge in [0, 0.05) is 45.2 Å². The molecular formula is C19H26N4O4. The standard InChI is InChI=1S/C19H26N4O4/c1-21-13-18(25)23(19(21)26)10-5-8-17(24)22-11-9-20-12-15(22)14-6-3-4-7-16(14)27-2/h3-4,6-7,15,20H,5,8-13H2,1-2H3. The molecule has 0 aliphatic carbocycles. The number of likely N-dealkylation sites (N-methyl/N-ethyl adjacent to an activating group) is 1. The van der Waals surface area contributed by atoms with Crippen LogP contribution in [0, 0.1) is 0 Å². The van der Waals surface area contributed by atoms with Gasteiger partial charge in [-0.05, 0) is 12.5 Å². The number of benzene rings is 1. The van der Waals surface area contributed by atoms with Crippen molar-refractivity contribution < 1.29 is 19.1 Å². The van der Waals surface area contributed by atoms with Crippen molar-refractivity contribution in [3.05, 3.63) is 29.8 Å². The lowest BCUT2D eigenvalue weighted by Gasteiger charge is -2.37. The number of nitrogens with zero attached hydrogens (tertiary/aromatic N) is 3. The molecule has 2 aliphatic heterocycles. The minimum Gasteiger partial charge on any atom is -0.496 e. The Bertz CT molecular complexity index is 723. The number of amides is 4. The fourth-order valence-corrected chi connectivity index (χ4v) is 3.64. The molecule has 0 aromatic heterocycles. The summed E-state index contributed by atoms with van der Waals surface area (Å²) in [7, 11) is 3.23. The molecule has 4 amide bonds. The summed E-state index contributed by atoms with van der Waals surface area (Å²) in [6.45, 7) is 2.41. The highest BCUT2D eigenvalue weighted by molar-refractivity contribution is 6.01. The van der Waals surface area contributed by atoms with Crippen molar-refractivity contribution in [2.75, 3.05) is 46.9 Å². The summed E-state index contributed by atoms with van der Waals surface area (Å²) < 4.78 is 5.46. The van der Waals surface area contributed by atoms with E-state index in [-0.39, 0.29) is 37.0 Å². The summed E-state index contributed by atoms with van der Waals surface area (Å²) >= 11 is 0. The number of hydrogen-bond donors (Lipinski definition) is 1. The van der Waals surface area contributed by atoms with Crippen LogP contribution in [-0.2, 0) is 9.59 Å². The molecule has 1 aromatic rings. The molecule has 1 unspecified atom stereocenters. The third-order valence-electron chi connectivity index (χ3n) is 5.06. The average Bonchev–Trinajstić information content (AvgIpc) is 2.93. The molecule has 146 valence electrons. The van der Waals surface area contributed by atoms with E-state index in [0.717, 1.165) is 17.9 Å². The smallest absolute Gasteiger partial charge is 0.326 e. The van der Waals surface area contributed by atoms with Crippen LogP contribution in [0.25, 0.3) is 0 Å². The maximum atomic E-state index is 12.8. The van der Waals surface area contributed by atoms with Gasteiger partial charge in [-0.25, -0.2) is 4.79 Å².